The third-order valence-electron chi connectivity index (χ3n) is 3.27. The Bertz CT molecular complexity index is 645. The second-order valence-corrected chi connectivity index (χ2v) is 5.17. The Morgan fingerprint density at radius 3 is 2.05 bits per heavy atom. The van der Waals surface area contributed by atoms with Crippen LogP contribution in [0.25, 0.3) is 0 Å². The zero-order valence-electron chi connectivity index (χ0n) is 12.6. The number of fused-ring (bicyclic) bond motifs is 1. The van der Waals surface area contributed by atoms with E-state index in [0.717, 1.165) is 18.1 Å². The highest BCUT2D eigenvalue weighted by atomic mass is 16.7. The molecule has 114 valence electrons. The summed E-state index contributed by atoms with van der Waals surface area (Å²) in [7, 11) is 0. The highest BCUT2D eigenvalue weighted by Gasteiger charge is 2.12. The zero-order chi connectivity index (χ0) is 15.9. The summed E-state index contributed by atoms with van der Waals surface area (Å²) in [5.41, 5.74) is 2.62. The normalized spacial score (nSPS) is 11.6. The van der Waals surface area contributed by atoms with Gasteiger partial charge in [-0.1, -0.05) is 38.1 Å². The number of hydrogen-bond acceptors (Lipinski definition) is 4. The Labute approximate surface area is 129 Å². The standard InChI is InChI=1S/C10H12O.C8H6O3/c1-8(2)10-5-3-9(7-11)4-6-10;9-4-6-1-2-7-8(3-6)11-5-10-7/h3-8H,1-2H3;1-4H,5H2. The molecule has 4 heteroatoms. The quantitative estimate of drug-likeness (QED) is 0.808. The van der Waals surface area contributed by atoms with Crippen molar-refractivity contribution in [3.8, 4) is 11.5 Å². The summed E-state index contributed by atoms with van der Waals surface area (Å²) in [6.45, 7) is 4.52. The van der Waals surface area contributed by atoms with E-state index < -0.39 is 0 Å². The highest BCUT2D eigenvalue weighted by Crippen LogP contribution is 2.31. The molecule has 22 heavy (non-hydrogen) atoms. The molecule has 0 unspecified atom stereocenters. The summed E-state index contributed by atoms with van der Waals surface area (Å²) < 4.78 is 10.1. The first-order chi connectivity index (χ1) is 10.6. The number of benzene rings is 2. The third-order valence-corrected chi connectivity index (χ3v) is 3.27. The number of ether oxygens (including phenoxy) is 2. The first-order valence-electron chi connectivity index (χ1n) is 7.04. The Kier molecular flexibility index (Phi) is 5.31. The first-order valence-corrected chi connectivity index (χ1v) is 7.04. The van der Waals surface area contributed by atoms with Crippen molar-refractivity contribution in [2.75, 3.05) is 6.79 Å². The van der Waals surface area contributed by atoms with Crippen LogP contribution in [-0.2, 0) is 0 Å². The fourth-order valence-corrected chi connectivity index (χ4v) is 1.95. The molecule has 3 rings (SSSR count). The van der Waals surface area contributed by atoms with Crippen LogP contribution in [0.2, 0.25) is 0 Å². The van der Waals surface area contributed by atoms with Gasteiger partial charge >= 0.3 is 0 Å². The predicted molar refractivity (Wildman–Crippen MR) is 83.9 cm³/mol. The lowest BCUT2D eigenvalue weighted by molar-refractivity contribution is 0.111. The van der Waals surface area contributed by atoms with E-state index in [9.17, 15) is 9.59 Å². The van der Waals surface area contributed by atoms with Gasteiger partial charge in [0.1, 0.15) is 12.6 Å². The predicted octanol–water partition coefficient (Wildman–Crippen LogP) is 3.85. The fourth-order valence-electron chi connectivity index (χ4n) is 1.95. The minimum absolute atomic E-state index is 0.248. The minimum atomic E-state index is 0.248. The number of aldehydes is 2. The molecule has 0 aromatic heterocycles. The summed E-state index contributed by atoms with van der Waals surface area (Å²) in [6, 6.07) is 12.8. The average molecular weight is 298 g/mol. The third kappa shape index (κ3) is 3.95. The van der Waals surface area contributed by atoms with Crippen LogP contribution in [0.3, 0.4) is 0 Å². The molecule has 4 nitrogen and oxygen atoms in total. The van der Waals surface area contributed by atoms with E-state index in [2.05, 4.69) is 13.8 Å². The average Bonchev–Trinajstić information content (AvgIpc) is 3.03. The maximum atomic E-state index is 10.3. The van der Waals surface area contributed by atoms with Crippen molar-refractivity contribution in [1.82, 2.24) is 0 Å². The van der Waals surface area contributed by atoms with Gasteiger partial charge in [0.25, 0.3) is 0 Å². The smallest absolute Gasteiger partial charge is 0.231 e. The van der Waals surface area contributed by atoms with E-state index in [0.29, 0.717) is 23.0 Å². The van der Waals surface area contributed by atoms with Crippen molar-refractivity contribution < 1.29 is 19.1 Å². The summed E-state index contributed by atoms with van der Waals surface area (Å²) in [5.74, 6) is 1.89. The zero-order valence-corrected chi connectivity index (χ0v) is 12.6. The van der Waals surface area contributed by atoms with Gasteiger partial charge in [-0.2, -0.15) is 0 Å². The molecule has 0 radical (unpaired) electrons. The van der Waals surface area contributed by atoms with E-state index in [1.54, 1.807) is 18.2 Å². The van der Waals surface area contributed by atoms with Crippen LogP contribution in [-0.4, -0.2) is 19.4 Å². The molecule has 1 heterocycles. The van der Waals surface area contributed by atoms with Crippen molar-refractivity contribution in [3.05, 3.63) is 59.2 Å². The monoisotopic (exact) mass is 298 g/mol. The SMILES string of the molecule is CC(C)c1ccc(C=O)cc1.O=Cc1ccc2c(c1)OCO2. The van der Waals surface area contributed by atoms with Gasteiger partial charge in [0.15, 0.2) is 11.5 Å². The number of hydrogen-bond donors (Lipinski definition) is 0. The second-order valence-electron chi connectivity index (χ2n) is 5.17. The van der Waals surface area contributed by atoms with Gasteiger partial charge in [-0.15, -0.1) is 0 Å². The molecule has 2 aromatic rings. The Balaban J connectivity index is 0.000000160. The Morgan fingerprint density at radius 2 is 1.45 bits per heavy atom. The summed E-state index contributed by atoms with van der Waals surface area (Å²) >= 11 is 0. The van der Waals surface area contributed by atoms with Crippen molar-refractivity contribution >= 4 is 12.6 Å². The van der Waals surface area contributed by atoms with Gasteiger partial charge in [0.05, 0.1) is 0 Å². The summed E-state index contributed by atoms with van der Waals surface area (Å²) in [4.78, 5) is 20.6. The van der Waals surface area contributed by atoms with Gasteiger partial charge in [-0.05, 0) is 29.7 Å². The maximum absolute atomic E-state index is 10.3. The lowest BCUT2D eigenvalue weighted by Crippen LogP contribution is -1.92. The van der Waals surface area contributed by atoms with Crippen LogP contribution in [0.1, 0.15) is 46.0 Å². The number of carbonyl (C=O) groups excluding carboxylic acids is 2. The first kappa shape index (κ1) is 15.8. The molecule has 1 aliphatic heterocycles. The molecular weight excluding hydrogens is 280 g/mol. The lowest BCUT2D eigenvalue weighted by atomic mass is 10.0. The van der Waals surface area contributed by atoms with Gasteiger partial charge < -0.3 is 9.47 Å². The fraction of sp³-hybridized carbons (Fsp3) is 0.222. The molecule has 0 aliphatic carbocycles. The molecule has 0 N–H and O–H groups in total. The van der Waals surface area contributed by atoms with E-state index >= 15 is 0 Å². The molecule has 0 spiro atoms. The van der Waals surface area contributed by atoms with Crippen molar-refractivity contribution in [2.24, 2.45) is 0 Å². The summed E-state index contributed by atoms with van der Waals surface area (Å²) in [5, 5.41) is 0. The molecule has 1 aliphatic rings. The lowest BCUT2D eigenvalue weighted by Gasteiger charge is -2.03. The van der Waals surface area contributed by atoms with Crippen LogP contribution in [0.15, 0.2) is 42.5 Å². The van der Waals surface area contributed by atoms with Crippen molar-refractivity contribution in [2.45, 2.75) is 19.8 Å². The highest BCUT2D eigenvalue weighted by molar-refractivity contribution is 5.76. The van der Waals surface area contributed by atoms with Crippen molar-refractivity contribution in [3.63, 3.8) is 0 Å². The number of carbonyl (C=O) groups is 2. The second kappa shape index (κ2) is 7.41. The van der Waals surface area contributed by atoms with E-state index in [1.165, 1.54) is 5.56 Å². The maximum Gasteiger partial charge on any atom is 0.231 e. The molecule has 0 saturated heterocycles. The van der Waals surface area contributed by atoms with E-state index in [1.807, 2.05) is 24.3 Å². The van der Waals surface area contributed by atoms with Gasteiger partial charge in [0, 0.05) is 11.1 Å². The van der Waals surface area contributed by atoms with Crippen LogP contribution < -0.4 is 9.47 Å². The van der Waals surface area contributed by atoms with Gasteiger partial charge in [0.2, 0.25) is 6.79 Å². The molecule has 0 amide bonds. The van der Waals surface area contributed by atoms with Crippen LogP contribution >= 0.6 is 0 Å². The number of rotatable bonds is 3. The van der Waals surface area contributed by atoms with Gasteiger partial charge in [-0.25, -0.2) is 0 Å². The molecule has 0 fully saturated rings. The molecule has 0 bridgehead atoms. The molecule has 0 atom stereocenters. The molecule has 2 aromatic carbocycles. The molecule has 0 saturated carbocycles. The molecular formula is C18H18O4. The minimum Gasteiger partial charge on any atom is -0.454 e. The van der Waals surface area contributed by atoms with E-state index in [-0.39, 0.29) is 6.79 Å². The van der Waals surface area contributed by atoms with E-state index in [4.69, 9.17) is 9.47 Å². The Morgan fingerprint density at radius 1 is 0.864 bits per heavy atom. The van der Waals surface area contributed by atoms with Crippen molar-refractivity contribution in [1.29, 1.82) is 0 Å². The van der Waals surface area contributed by atoms with Crippen LogP contribution in [0, 0.1) is 0 Å². The Hall–Kier alpha value is -2.62. The topological polar surface area (TPSA) is 52.6 Å². The summed E-state index contributed by atoms with van der Waals surface area (Å²) in [6.07, 6.45) is 1.64. The van der Waals surface area contributed by atoms with Gasteiger partial charge in [-0.3, -0.25) is 9.59 Å². The van der Waals surface area contributed by atoms with Crippen LogP contribution in [0.4, 0.5) is 0 Å². The largest absolute Gasteiger partial charge is 0.454 e. The van der Waals surface area contributed by atoms with Crippen LogP contribution in [0.5, 0.6) is 11.5 Å².